The summed E-state index contributed by atoms with van der Waals surface area (Å²) in [6, 6.07) is 28.3. The average molecular weight is 384 g/mol. The van der Waals surface area contributed by atoms with Gasteiger partial charge >= 0.3 is 0 Å². The van der Waals surface area contributed by atoms with Gasteiger partial charge in [0, 0.05) is 38.3 Å². The number of nitrogens with one attached hydrogen (secondary N) is 1. The molecule has 6 aromatic rings. The minimum absolute atomic E-state index is 1.07. The Bertz CT molecular complexity index is 1630. The van der Waals surface area contributed by atoms with Crippen LogP contribution in [-0.2, 0) is 6.42 Å². The third-order valence-electron chi connectivity index (χ3n) is 6.57. The zero-order valence-electron chi connectivity index (χ0n) is 16.5. The minimum atomic E-state index is 1.07. The van der Waals surface area contributed by atoms with E-state index in [2.05, 4.69) is 101 Å². The maximum atomic E-state index is 3.75. The fourth-order valence-corrected chi connectivity index (χ4v) is 5.37. The van der Waals surface area contributed by atoms with E-state index in [1.807, 2.05) is 0 Å². The van der Waals surface area contributed by atoms with Crippen molar-refractivity contribution >= 4 is 49.7 Å². The van der Waals surface area contributed by atoms with E-state index in [9.17, 15) is 0 Å². The average Bonchev–Trinajstić information content (AvgIpc) is 3.36. The number of aromatic amines is 1. The molecule has 0 spiro atoms. The predicted molar refractivity (Wildman–Crippen MR) is 127 cm³/mol. The van der Waals surface area contributed by atoms with E-state index in [1.54, 1.807) is 0 Å². The highest BCUT2D eigenvalue weighted by atomic mass is 15.0. The van der Waals surface area contributed by atoms with E-state index >= 15 is 0 Å². The molecule has 0 radical (unpaired) electrons. The number of para-hydroxylation sites is 3. The van der Waals surface area contributed by atoms with Crippen LogP contribution in [0.15, 0.2) is 84.9 Å². The molecule has 142 valence electrons. The van der Waals surface area contributed by atoms with Crippen molar-refractivity contribution in [3.8, 4) is 5.69 Å². The molecule has 1 aliphatic carbocycles. The van der Waals surface area contributed by atoms with Crippen molar-refractivity contribution in [3.63, 3.8) is 0 Å². The van der Waals surface area contributed by atoms with Gasteiger partial charge in [-0.1, -0.05) is 66.7 Å². The second kappa shape index (κ2) is 5.87. The number of benzene rings is 4. The summed E-state index contributed by atoms with van der Waals surface area (Å²) in [4.78, 5) is 3.75. The Morgan fingerprint density at radius 1 is 0.733 bits per heavy atom. The zero-order chi connectivity index (χ0) is 19.7. The van der Waals surface area contributed by atoms with Crippen LogP contribution in [0.4, 0.5) is 0 Å². The van der Waals surface area contributed by atoms with E-state index in [0.717, 1.165) is 12.8 Å². The van der Waals surface area contributed by atoms with Crippen molar-refractivity contribution in [2.45, 2.75) is 12.8 Å². The molecular weight excluding hydrogens is 364 g/mol. The first-order chi connectivity index (χ1) is 14.9. The van der Waals surface area contributed by atoms with Gasteiger partial charge in [-0.25, -0.2) is 0 Å². The SMILES string of the molecule is C1=Cc2c(c3c(c4ccccc4n3-c3ccccc3)c3c2[nH]c2ccccc23)CC1. The van der Waals surface area contributed by atoms with Gasteiger partial charge in [0.1, 0.15) is 0 Å². The monoisotopic (exact) mass is 384 g/mol. The molecule has 0 aliphatic heterocycles. The lowest BCUT2D eigenvalue weighted by molar-refractivity contribution is 0.987. The fraction of sp³-hybridized carbons (Fsp3) is 0.0714. The van der Waals surface area contributed by atoms with E-state index in [4.69, 9.17) is 0 Å². The van der Waals surface area contributed by atoms with E-state index in [0.29, 0.717) is 0 Å². The summed E-state index contributed by atoms with van der Waals surface area (Å²) in [5.74, 6) is 0. The maximum Gasteiger partial charge on any atom is 0.0586 e. The van der Waals surface area contributed by atoms with Gasteiger partial charge in [0.2, 0.25) is 0 Å². The summed E-state index contributed by atoms with van der Waals surface area (Å²) in [5, 5.41) is 5.34. The fourth-order valence-electron chi connectivity index (χ4n) is 5.37. The molecule has 0 unspecified atom stereocenters. The molecule has 2 heterocycles. The molecule has 2 heteroatoms. The van der Waals surface area contributed by atoms with Crippen LogP contribution < -0.4 is 0 Å². The number of hydrogen-bond acceptors (Lipinski definition) is 0. The van der Waals surface area contributed by atoms with Gasteiger partial charge in [-0.2, -0.15) is 0 Å². The molecular formula is C28H20N2. The summed E-state index contributed by atoms with van der Waals surface area (Å²) in [7, 11) is 0. The quantitative estimate of drug-likeness (QED) is 0.305. The summed E-state index contributed by atoms with van der Waals surface area (Å²) in [5.41, 5.74) is 9.13. The van der Waals surface area contributed by atoms with Gasteiger partial charge in [0.05, 0.1) is 16.6 Å². The molecule has 1 N–H and O–H groups in total. The minimum Gasteiger partial charge on any atom is -0.354 e. The summed E-state index contributed by atoms with van der Waals surface area (Å²) < 4.78 is 2.48. The van der Waals surface area contributed by atoms with E-state index in [-0.39, 0.29) is 0 Å². The molecule has 1 aliphatic rings. The van der Waals surface area contributed by atoms with Gasteiger partial charge < -0.3 is 9.55 Å². The lowest BCUT2D eigenvalue weighted by Crippen LogP contribution is -2.02. The Morgan fingerprint density at radius 3 is 2.40 bits per heavy atom. The van der Waals surface area contributed by atoms with Gasteiger partial charge in [-0.05, 0) is 42.7 Å². The van der Waals surface area contributed by atoms with Crippen LogP contribution in [0, 0.1) is 0 Å². The Morgan fingerprint density at radius 2 is 1.50 bits per heavy atom. The van der Waals surface area contributed by atoms with Gasteiger partial charge in [-0.15, -0.1) is 0 Å². The molecule has 0 atom stereocenters. The number of fused-ring (bicyclic) bond motifs is 10. The maximum absolute atomic E-state index is 3.75. The predicted octanol–water partition coefficient (Wildman–Crippen LogP) is 7.38. The molecule has 30 heavy (non-hydrogen) atoms. The highest BCUT2D eigenvalue weighted by molar-refractivity contribution is 6.30. The summed E-state index contributed by atoms with van der Waals surface area (Å²) >= 11 is 0. The largest absolute Gasteiger partial charge is 0.354 e. The molecule has 0 saturated heterocycles. The highest BCUT2D eigenvalue weighted by Gasteiger charge is 2.24. The van der Waals surface area contributed by atoms with Crippen molar-refractivity contribution in [2.75, 3.05) is 0 Å². The van der Waals surface area contributed by atoms with Crippen LogP contribution >= 0.6 is 0 Å². The van der Waals surface area contributed by atoms with Crippen LogP contribution in [0.1, 0.15) is 17.5 Å². The first-order valence-electron chi connectivity index (χ1n) is 10.6. The Kier molecular flexibility index (Phi) is 3.14. The van der Waals surface area contributed by atoms with Crippen molar-refractivity contribution in [3.05, 3.63) is 96.1 Å². The summed E-state index contributed by atoms with van der Waals surface area (Å²) in [6.45, 7) is 0. The molecule has 0 bridgehead atoms. The van der Waals surface area contributed by atoms with Crippen LogP contribution in [0.3, 0.4) is 0 Å². The first-order valence-corrected chi connectivity index (χ1v) is 10.6. The van der Waals surface area contributed by atoms with Crippen molar-refractivity contribution in [1.82, 2.24) is 9.55 Å². The van der Waals surface area contributed by atoms with Gasteiger partial charge in [0.15, 0.2) is 0 Å². The molecule has 7 rings (SSSR count). The standard InChI is InChI=1S/C28H20N2/c1-2-10-18(11-3-1)30-24-17-9-7-15-22(24)26-25-21-14-6-8-16-23(21)29-27(25)19-12-4-5-13-20(19)28(26)30/h1-4,6-12,14-17,29H,5,13H2. The Balaban J connectivity index is 1.85. The Labute approximate surface area is 174 Å². The normalized spacial score (nSPS) is 13.6. The number of aryl methyl sites for hydroxylation is 1. The van der Waals surface area contributed by atoms with Crippen LogP contribution in [0.2, 0.25) is 0 Å². The van der Waals surface area contributed by atoms with Crippen molar-refractivity contribution in [2.24, 2.45) is 0 Å². The van der Waals surface area contributed by atoms with Gasteiger partial charge in [-0.3, -0.25) is 0 Å². The Hall–Kier alpha value is -3.78. The van der Waals surface area contributed by atoms with Crippen molar-refractivity contribution < 1.29 is 0 Å². The third kappa shape index (κ3) is 1.98. The smallest absolute Gasteiger partial charge is 0.0586 e. The number of allylic oxidation sites excluding steroid dienone is 1. The number of H-pyrrole nitrogens is 1. The molecule has 0 amide bonds. The number of aromatic nitrogens is 2. The second-order valence-electron chi connectivity index (χ2n) is 8.17. The van der Waals surface area contributed by atoms with E-state index < -0.39 is 0 Å². The molecule has 2 nitrogen and oxygen atoms in total. The molecule has 2 aromatic heterocycles. The lowest BCUT2D eigenvalue weighted by Gasteiger charge is -2.17. The molecule has 0 saturated carbocycles. The zero-order valence-corrected chi connectivity index (χ0v) is 16.5. The third-order valence-corrected chi connectivity index (χ3v) is 6.57. The van der Waals surface area contributed by atoms with Crippen LogP contribution in [-0.4, -0.2) is 9.55 Å². The van der Waals surface area contributed by atoms with Gasteiger partial charge in [0.25, 0.3) is 0 Å². The number of nitrogens with zero attached hydrogens (tertiary/aromatic N) is 1. The second-order valence-corrected chi connectivity index (χ2v) is 8.17. The van der Waals surface area contributed by atoms with Crippen LogP contribution in [0.5, 0.6) is 0 Å². The lowest BCUT2D eigenvalue weighted by atomic mass is 9.91. The summed E-state index contributed by atoms with van der Waals surface area (Å²) in [6.07, 6.45) is 6.79. The molecule has 4 aromatic carbocycles. The topological polar surface area (TPSA) is 20.7 Å². The van der Waals surface area contributed by atoms with Crippen LogP contribution in [0.25, 0.3) is 55.4 Å². The first kappa shape index (κ1) is 16.1. The number of rotatable bonds is 1. The van der Waals surface area contributed by atoms with Crippen molar-refractivity contribution in [1.29, 1.82) is 0 Å². The van der Waals surface area contributed by atoms with E-state index in [1.165, 1.54) is 60.4 Å². The number of hydrogen-bond donors (Lipinski definition) is 1. The highest BCUT2D eigenvalue weighted by Crippen LogP contribution is 2.45. The molecule has 0 fully saturated rings.